The maximum Gasteiger partial charge on any atom is 0.271 e. The van der Waals surface area contributed by atoms with Crippen LogP contribution in [0, 0.1) is 23.8 Å². The van der Waals surface area contributed by atoms with Crippen molar-refractivity contribution < 1.29 is 9.85 Å². The Balaban J connectivity index is 0.000000130. The number of hydrogen-bond donors (Lipinski definition) is 2. The number of halogens is 2. The van der Waals surface area contributed by atoms with E-state index in [4.69, 9.17) is 23.1 Å². The zero-order valence-electron chi connectivity index (χ0n) is 24.4. The van der Waals surface area contributed by atoms with Gasteiger partial charge in [0.2, 0.25) is 0 Å². The van der Waals surface area contributed by atoms with Gasteiger partial charge in [0, 0.05) is 70.7 Å². The van der Waals surface area contributed by atoms with Crippen LogP contribution in [0.1, 0.15) is 0 Å². The highest BCUT2D eigenvalue weighted by atomic mass is 127. The third kappa shape index (κ3) is 8.00. The minimum absolute atomic E-state index is 0.0452. The van der Waals surface area contributed by atoms with E-state index in [1.807, 2.05) is 55.8 Å². The van der Waals surface area contributed by atoms with Crippen LogP contribution in [-0.2, 0) is 0 Å². The van der Waals surface area contributed by atoms with Crippen LogP contribution in [0.2, 0.25) is 5.02 Å². The third-order valence-electron chi connectivity index (χ3n) is 6.33. The van der Waals surface area contributed by atoms with Gasteiger partial charge in [0.25, 0.3) is 11.4 Å². The molecule has 8 rings (SSSR count). The van der Waals surface area contributed by atoms with Gasteiger partial charge in [-0.25, -0.2) is 15.0 Å². The Kier molecular flexibility index (Phi) is 10.4. The van der Waals surface area contributed by atoms with Crippen molar-refractivity contribution in [2.45, 2.75) is 0 Å². The van der Waals surface area contributed by atoms with Crippen LogP contribution in [0.5, 0.6) is 0 Å². The number of rotatable bonds is 2. The number of imidazole rings is 2. The maximum absolute atomic E-state index is 10.6. The number of nitrogens with zero attached hydrogens (tertiary/aromatic N) is 10. The molecule has 4 N–H and O–H groups in total. The van der Waals surface area contributed by atoms with E-state index in [1.54, 1.807) is 49.4 Å². The number of nitrogen functional groups attached to an aromatic ring is 2. The molecule has 0 spiro atoms. The third-order valence-corrected chi connectivity index (χ3v) is 7.87. The van der Waals surface area contributed by atoms with Crippen molar-refractivity contribution in [1.82, 2.24) is 38.7 Å². The highest BCUT2D eigenvalue weighted by molar-refractivity contribution is 14.1. The molecule has 0 amide bonds. The standard InChI is InChI=1S/C10H6N4O2.C10H8N4.C6H3ClINO2.C4H5N3/c15-14(16)7-1-2-9-8(5-7)12-10-6-11-3-4-13(9)10;11-7-1-2-9-8(5-7)13-10-6-12-3-4-14(9)10;7-5-2-1-4(9(10)11)3-6(5)8;5-4-3-6-1-2-7-4/h1-6H;1-6H,11H2;1-3H;1-3H,(H2,5,7). The highest BCUT2D eigenvalue weighted by Crippen LogP contribution is 2.23. The smallest absolute Gasteiger partial charge is 0.271 e. The Hall–Kier alpha value is -6.08. The minimum Gasteiger partial charge on any atom is -0.399 e. The molecule has 0 fully saturated rings. The quantitative estimate of drug-likeness (QED) is 0.0871. The molecule has 0 atom stereocenters. The molecule has 0 bridgehead atoms. The Morgan fingerprint density at radius 1 is 0.688 bits per heavy atom. The molecule has 240 valence electrons. The minimum atomic E-state index is -0.446. The second-order valence-electron chi connectivity index (χ2n) is 9.50. The molecule has 16 nitrogen and oxygen atoms in total. The predicted octanol–water partition coefficient (Wildman–Crippen LogP) is 6.17. The van der Waals surface area contributed by atoms with Gasteiger partial charge in [-0.3, -0.25) is 44.0 Å². The fraction of sp³-hybridized carbons (Fsp3) is 0. The molecule has 0 saturated carbocycles. The van der Waals surface area contributed by atoms with E-state index in [0.29, 0.717) is 25.6 Å². The van der Waals surface area contributed by atoms with Crippen molar-refractivity contribution in [2.24, 2.45) is 0 Å². The van der Waals surface area contributed by atoms with Crippen molar-refractivity contribution in [1.29, 1.82) is 0 Å². The van der Waals surface area contributed by atoms with Gasteiger partial charge in [-0.2, -0.15) is 0 Å². The Morgan fingerprint density at radius 3 is 1.75 bits per heavy atom. The van der Waals surface area contributed by atoms with E-state index in [1.165, 1.54) is 36.5 Å². The lowest BCUT2D eigenvalue weighted by Gasteiger charge is -1.93. The average Bonchev–Trinajstić information content (AvgIpc) is 3.64. The number of benzene rings is 3. The van der Waals surface area contributed by atoms with Crippen LogP contribution in [0.15, 0.2) is 110 Å². The first-order valence-corrected chi connectivity index (χ1v) is 15.0. The molecule has 8 aromatic rings. The van der Waals surface area contributed by atoms with E-state index in [2.05, 4.69) is 29.9 Å². The number of nitrogens with two attached hydrogens (primary N) is 2. The summed E-state index contributed by atoms with van der Waals surface area (Å²) >= 11 is 7.60. The molecule has 0 unspecified atom stereocenters. The summed E-state index contributed by atoms with van der Waals surface area (Å²) in [6.07, 6.45) is 15.0. The summed E-state index contributed by atoms with van der Waals surface area (Å²) in [6.45, 7) is 0. The fourth-order valence-electron chi connectivity index (χ4n) is 4.19. The normalized spacial score (nSPS) is 10.4. The molecule has 0 aliphatic carbocycles. The van der Waals surface area contributed by atoms with Crippen molar-refractivity contribution in [3.05, 3.63) is 139 Å². The van der Waals surface area contributed by atoms with Gasteiger partial charge in [0.05, 0.1) is 55.5 Å². The van der Waals surface area contributed by atoms with Crippen LogP contribution < -0.4 is 11.5 Å². The van der Waals surface area contributed by atoms with Gasteiger partial charge in [-0.1, -0.05) is 11.6 Å². The van der Waals surface area contributed by atoms with Crippen LogP contribution in [-0.4, -0.2) is 48.6 Å². The Bertz CT molecular complexity index is 2390. The monoisotopic (exact) mass is 776 g/mol. The van der Waals surface area contributed by atoms with Crippen LogP contribution in [0.25, 0.3) is 33.4 Å². The summed E-state index contributed by atoms with van der Waals surface area (Å²) in [7, 11) is 0. The number of fused-ring (bicyclic) bond motifs is 6. The van der Waals surface area contributed by atoms with E-state index in [9.17, 15) is 20.2 Å². The van der Waals surface area contributed by atoms with Crippen LogP contribution in [0.3, 0.4) is 0 Å². The first kappa shape index (κ1) is 33.3. The van der Waals surface area contributed by atoms with Gasteiger partial charge in [-0.05, 0) is 52.9 Å². The molecule has 5 aromatic heterocycles. The molecule has 0 radical (unpaired) electrons. The zero-order chi connectivity index (χ0) is 34.2. The molecular formula is C30H22ClIN12O4. The maximum atomic E-state index is 10.6. The second-order valence-corrected chi connectivity index (χ2v) is 11.1. The lowest BCUT2D eigenvalue weighted by atomic mass is 10.3. The summed E-state index contributed by atoms with van der Waals surface area (Å²) in [5.74, 6) is 0.461. The van der Waals surface area contributed by atoms with E-state index in [0.717, 1.165) is 27.9 Å². The largest absolute Gasteiger partial charge is 0.399 e. The second kappa shape index (κ2) is 15.0. The summed E-state index contributed by atoms with van der Waals surface area (Å²) < 4.78 is 4.52. The van der Waals surface area contributed by atoms with Crippen molar-refractivity contribution >= 4 is 90.4 Å². The molecule has 48 heavy (non-hydrogen) atoms. The summed E-state index contributed by atoms with van der Waals surface area (Å²) in [5, 5.41) is 21.4. The molecular weight excluding hydrogens is 755 g/mol. The van der Waals surface area contributed by atoms with Crippen molar-refractivity contribution in [3.63, 3.8) is 0 Å². The summed E-state index contributed by atoms with van der Waals surface area (Å²) in [4.78, 5) is 44.0. The Morgan fingerprint density at radius 2 is 1.23 bits per heavy atom. The summed E-state index contributed by atoms with van der Waals surface area (Å²) in [6, 6.07) is 14.6. The van der Waals surface area contributed by atoms with E-state index >= 15 is 0 Å². The van der Waals surface area contributed by atoms with Crippen LogP contribution >= 0.6 is 34.2 Å². The highest BCUT2D eigenvalue weighted by Gasteiger charge is 2.10. The van der Waals surface area contributed by atoms with Crippen molar-refractivity contribution in [3.8, 4) is 0 Å². The number of non-ortho nitro benzene ring substituents is 2. The molecule has 0 aliphatic heterocycles. The summed E-state index contributed by atoms with van der Waals surface area (Å²) in [5.41, 5.74) is 16.6. The van der Waals surface area contributed by atoms with Gasteiger partial charge < -0.3 is 11.5 Å². The molecule has 0 aliphatic rings. The lowest BCUT2D eigenvalue weighted by molar-refractivity contribution is -0.385. The lowest BCUT2D eigenvalue weighted by Crippen LogP contribution is -1.87. The topological polar surface area (TPSA) is 224 Å². The number of nitro benzene ring substituents is 2. The van der Waals surface area contributed by atoms with E-state index in [-0.39, 0.29) is 11.4 Å². The first-order valence-electron chi connectivity index (χ1n) is 13.5. The van der Waals surface area contributed by atoms with Gasteiger partial charge in [0.1, 0.15) is 5.82 Å². The molecule has 3 aromatic carbocycles. The zero-order valence-corrected chi connectivity index (χ0v) is 27.3. The average molecular weight is 777 g/mol. The first-order chi connectivity index (χ1) is 23.1. The van der Waals surface area contributed by atoms with E-state index < -0.39 is 9.85 Å². The van der Waals surface area contributed by atoms with Gasteiger partial charge in [-0.15, -0.1) is 0 Å². The molecule has 0 saturated heterocycles. The van der Waals surface area contributed by atoms with Gasteiger partial charge >= 0.3 is 0 Å². The van der Waals surface area contributed by atoms with Gasteiger partial charge in [0.15, 0.2) is 11.3 Å². The molecule has 5 heterocycles. The fourth-order valence-corrected chi connectivity index (χ4v) is 4.80. The van der Waals surface area contributed by atoms with Crippen molar-refractivity contribution in [2.75, 3.05) is 11.5 Å². The number of nitro groups is 2. The predicted molar refractivity (Wildman–Crippen MR) is 189 cm³/mol. The number of hydrogen-bond acceptors (Lipinski definition) is 12. The number of aromatic nitrogens is 8. The molecule has 18 heteroatoms. The SMILES string of the molecule is Nc1ccc2c(c1)nc1cnccn12.Nc1cnccn1.O=[N+]([O-])c1ccc(Cl)c(I)c1.O=[N+]([O-])c1ccc2c(c1)nc1cnccn12. The number of anilines is 2. The van der Waals surface area contributed by atoms with Crippen LogP contribution in [0.4, 0.5) is 22.9 Å². The Labute approximate surface area is 288 Å².